The van der Waals surface area contributed by atoms with Gasteiger partial charge in [-0.1, -0.05) is 35.6 Å². The van der Waals surface area contributed by atoms with Gasteiger partial charge in [-0.3, -0.25) is 9.36 Å². The third kappa shape index (κ3) is 4.30. The highest BCUT2D eigenvalue weighted by molar-refractivity contribution is 7.07. The lowest BCUT2D eigenvalue weighted by Gasteiger charge is -2.24. The Bertz CT molecular complexity index is 1550. The lowest BCUT2D eigenvalue weighted by Crippen LogP contribution is -2.39. The minimum atomic E-state index is -0.723. The van der Waals surface area contributed by atoms with Gasteiger partial charge in [0, 0.05) is 5.56 Å². The van der Waals surface area contributed by atoms with Gasteiger partial charge in [-0.15, -0.1) is 0 Å². The zero-order valence-electron chi connectivity index (χ0n) is 20.4. The topological polar surface area (TPSA) is 88.4 Å². The molecule has 0 spiro atoms. The van der Waals surface area contributed by atoms with Crippen molar-refractivity contribution in [3.63, 3.8) is 0 Å². The summed E-state index contributed by atoms with van der Waals surface area (Å²) < 4.78 is 24.3. The van der Waals surface area contributed by atoms with Gasteiger partial charge in [0.2, 0.25) is 6.79 Å². The molecule has 0 unspecified atom stereocenters. The van der Waals surface area contributed by atoms with Crippen LogP contribution in [0.3, 0.4) is 0 Å². The molecule has 1 aromatic heterocycles. The first-order chi connectivity index (χ1) is 17.4. The number of carbonyl (C=O) groups excluding carboxylic acids is 1. The summed E-state index contributed by atoms with van der Waals surface area (Å²) in [5.41, 5.74) is 2.06. The number of allylic oxidation sites excluding steroid dienone is 1. The van der Waals surface area contributed by atoms with Crippen LogP contribution in [0.4, 0.5) is 0 Å². The largest absolute Gasteiger partial charge is 0.490 e. The first-order valence-electron chi connectivity index (χ1n) is 11.7. The number of rotatable bonds is 6. The molecule has 0 saturated carbocycles. The average molecular weight is 507 g/mol. The summed E-state index contributed by atoms with van der Waals surface area (Å²) in [5.74, 6) is 1.36. The van der Waals surface area contributed by atoms with Crippen molar-refractivity contribution in [1.82, 2.24) is 4.57 Å². The van der Waals surface area contributed by atoms with Gasteiger partial charge in [0.05, 0.1) is 34.6 Å². The molecular weight excluding hydrogens is 480 g/mol. The zero-order valence-corrected chi connectivity index (χ0v) is 21.3. The maximum atomic E-state index is 13.8. The maximum absolute atomic E-state index is 13.8. The lowest BCUT2D eigenvalue weighted by atomic mass is 9.95. The number of para-hydroxylation sites is 1. The Balaban J connectivity index is 1.71. The second-order valence-electron chi connectivity index (χ2n) is 8.62. The fourth-order valence-electron chi connectivity index (χ4n) is 4.29. The Morgan fingerprint density at radius 2 is 2.00 bits per heavy atom. The number of carbonyl (C=O) groups is 1. The van der Waals surface area contributed by atoms with Crippen LogP contribution >= 0.6 is 11.3 Å². The molecule has 2 aliphatic rings. The van der Waals surface area contributed by atoms with E-state index in [4.69, 9.17) is 18.9 Å². The molecule has 2 aromatic carbocycles. The van der Waals surface area contributed by atoms with Crippen molar-refractivity contribution in [3.05, 3.63) is 84.5 Å². The van der Waals surface area contributed by atoms with Crippen molar-refractivity contribution in [3.8, 4) is 17.2 Å². The van der Waals surface area contributed by atoms with Crippen molar-refractivity contribution in [2.75, 3.05) is 13.4 Å². The summed E-state index contributed by atoms with van der Waals surface area (Å²) >= 11 is 1.27. The van der Waals surface area contributed by atoms with Gasteiger partial charge < -0.3 is 18.9 Å². The molecule has 0 N–H and O–H groups in total. The predicted octanol–water partition coefficient (Wildman–Crippen LogP) is 3.31. The van der Waals surface area contributed by atoms with Crippen molar-refractivity contribution in [1.29, 1.82) is 0 Å². The first-order valence-corrected chi connectivity index (χ1v) is 12.5. The van der Waals surface area contributed by atoms with E-state index in [0.717, 1.165) is 5.56 Å². The lowest BCUT2D eigenvalue weighted by molar-refractivity contribution is -0.139. The van der Waals surface area contributed by atoms with Gasteiger partial charge >= 0.3 is 5.97 Å². The highest BCUT2D eigenvalue weighted by Crippen LogP contribution is 2.38. The molecule has 0 bridgehead atoms. The van der Waals surface area contributed by atoms with E-state index in [1.807, 2.05) is 50.3 Å². The number of hydrogen-bond acceptors (Lipinski definition) is 8. The summed E-state index contributed by atoms with van der Waals surface area (Å²) in [6, 6.07) is 12.3. The van der Waals surface area contributed by atoms with Gasteiger partial charge in [0.25, 0.3) is 5.56 Å². The quantitative estimate of drug-likeness (QED) is 0.477. The van der Waals surface area contributed by atoms with Crippen LogP contribution in [0.2, 0.25) is 0 Å². The monoisotopic (exact) mass is 506 g/mol. The van der Waals surface area contributed by atoms with Crippen molar-refractivity contribution >= 4 is 23.4 Å². The number of esters is 1. The molecule has 3 heterocycles. The number of fused-ring (bicyclic) bond motifs is 2. The molecule has 0 aliphatic carbocycles. The van der Waals surface area contributed by atoms with E-state index in [2.05, 4.69) is 4.99 Å². The van der Waals surface area contributed by atoms with Gasteiger partial charge in [-0.2, -0.15) is 0 Å². The maximum Gasteiger partial charge on any atom is 0.338 e. The molecule has 1 atom stereocenters. The van der Waals surface area contributed by atoms with Crippen LogP contribution in [0.15, 0.2) is 63.5 Å². The molecular formula is C27H26N2O6S. The summed E-state index contributed by atoms with van der Waals surface area (Å²) in [7, 11) is 0. The average Bonchev–Trinajstić information content (AvgIpc) is 3.43. The number of aromatic nitrogens is 1. The molecule has 0 fully saturated rings. The van der Waals surface area contributed by atoms with Crippen molar-refractivity contribution in [2.24, 2.45) is 4.99 Å². The van der Waals surface area contributed by atoms with Gasteiger partial charge in [0.1, 0.15) is 5.75 Å². The number of hydrogen-bond donors (Lipinski definition) is 0. The first kappa shape index (κ1) is 23.9. The molecule has 0 amide bonds. The third-order valence-electron chi connectivity index (χ3n) is 5.80. The molecule has 9 heteroatoms. The van der Waals surface area contributed by atoms with Crippen LogP contribution in [0, 0.1) is 0 Å². The van der Waals surface area contributed by atoms with Crippen LogP contribution in [-0.4, -0.2) is 30.0 Å². The summed E-state index contributed by atoms with van der Waals surface area (Å²) in [6.07, 6.45) is 1.79. The Kier molecular flexibility index (Phi) is 6.40. The Hall–Kier alpha value is -3.85. The van der Waals surface area contributed by atoms with E-state index in [9.17, 15) is 9.59 Å². The van der Waals surface area contributed by atoms with E-state index in [0.29, 0.717) is 43.4 Å². The zero-order chi connectivity index (χ0) is 25.4. The molecule has 3 aromatic rings. The number of ether oxygens (including phenoxy) is 4. The minimum Gasteiger partial charge on any atom is -0.490 e. The van der Waals surface area contributed by atoms with Gasteiger partial charge in [-0.05, 0) is 57.5 Å². The van der Waals surface area contributed by atoms with E-state index < -0.39 is 12.0 Å². The van der Waals surface area contributed by atoms with E-state index in [1.165, 1.54) is 11.3 Å². The fourth-order valence-corrected chi connectivity index (χ4v) is 5.33. The number of thiazole rings is 1. The SMILES string of the molecule is CCOC(=O)C1=C(C)N=c2s/c(=C\c3ccccc3OC(C)C)c(=O)n2[C@H]1c1ccc2c(c1)OCO2. The molecule has 2 aliphatic heterocycles. The van der Waals surface area contributed by atoms with E-state index in [1.54, 1.807) is 30.5 Å². The summed E-state index contributed by atoms with van der Waals surface area (Å²) in [4.78, 5) is 32.0. The predicted molar refractivity (Wildman–Crippen MR) is 135 cm³/mol. The summed E-state index contributed by atoms with van der Waals surface area (Å²) in [5, 5.41) is 0. The molecule has 0 radical (unpaired) electrons. The molecule has 5 rings (SSSR count). The molecule has 0 saturated heterocycles. The van der Waals surface area contributed by atoms with Crippen LogP contribution in [-0.2, 0) is 9.53 Å². The highest BCUT2D eigenvalue weighted by Gasteiger charge is 2.34. The van der Waals surface area contributed by atoms with Crippen molar-refractivity contribution < 1.29 is 23.7 Å². The summed E-state index contributed by atoms with van der Waals surface area (Å²) in [6.45, 7) is 7.75. The van der Waals surface area contributed by atoms with Gasteiger partial charge in [-0.25, -0.2) is 9.79 Å². The van der Waals surface area contributed by atoms with Crippen LogP contribution in [0.5, 0.6) is 17.2 Å². The fraction of sp³-hybridized carbons (Fsp3) is 0.296. The second-order valence-corrected chi connectivity index (χ2v) is 9.63. The Labute approximate surface area is 211 Å². The standard InChI is InChI=1S/C27H26N2O6S/c1-5-32-26(31)23-16(4)28-27-29(24(23)18-10-11-20-21(12-18)34-14-33-20)25(30)22(36-27)13-17-8-6-7-9-19(17)35-15(2)3/h6-13,15,24H,5,14H2,1-4H3/b22-13-/t24-/m0/s1. The Morgan fingerprint density at radius 3 is 2.78 bits per heavy atom. The molecule has 36 heavy (non-hydrogen) atoms. The van der Waals surface area contributed by atoms with Crippen LogP contribution < -0.4 is 29.1 Å². The van der Waals surface area contributed by atoms with Crippen LogP contribution in [0.25, 0.3) is 6.08 Å². The van der Waals surface area contributed by atoms with E-state index in [-0.39, 0.29) is 25.1 Å². The second kappa shape index (κ2) is 9.66. The highest BCUT2D eigenvalue weighted by atomic mass is 32.1. The minimum absolute atomic E-state index is 0.0124. The van der Waals surface area contributed by atoms with E-state index >= 15 is 0 Å². The third-order valence-corrected chi connectivity index (χ3v) is 6.78. The number of benzene rings is 2. The van der Waals surface area contributed by atoms with Gasteiger partial charge in [0.15, 0.2) is 16.3 Å². The van der Waals surface area contributed by atoms with Crippen LogP contribution in [0.1, 0.15) is 44.9 Å². The molecule has 8 nitrogen and oxygen atoms in total. The number of nitrogens with zero attached hydrogens (tertiary/aromatic N) is 2. The van der Waals surface area contributed by atoms with Crippen molar-refractivity contribution in [2.45, 2.75) is 39.8 Å². The normalized spacial score (nSPS) is 16.7. The molecule has 186 valence electrons. The smallest absolute Gasteiger partial charge is 0.338 e. The Morgan fingerprint density at radius 1 is 1.22 bits per heavy atom.